The molecule has 0 unspecified atom stereocenters. The van der Waals surface area contributed by atoms with Gasteiger partial charge in [-0.05, 0) is 41.9 Å². The number of carboxylic acids is 1. The zero-order chi connectivity index (χ0) is 18.1. The van der Waals surface area contributed by atoms with Crippen LogP contribution in [0.5, 0.6) is 5.75 Å². The Morgan fingerprint density at radius 2 is 1.67 bits per heavy atom. The molecule has 2 aromatic rings. The second-order valence-electron chi connectivity index (χ2n) is 4.38. The Labute approximate surface area is 138 Å². The van der Waals surface area contributed by atoms with Crippen molar-refractivity contribution in [3.63, 3.8) is 0 Å². The third kappa shape index (κ3) is 6.51. The highest BCUT2D eigenvalue weighted by atomic mass is 16.6. The fourth-order valence-electron chi connectivity index (χ4n) is 1.57. The van der Waals surface area contributed by atoms with Gasteiger partial charge in [-0.1, -0.05) is 12.1 Å². The molecule has 0 radical (unpaired) electrons. The minimum absolute atomic E-state index is 0.111. The lowest BCUT2D eigenvalue weighted by atomic mass is 9.80. The Morgan fingerprint density at radius 1 is 1.04 bits per heavy atom. The van der Waals surface area contributed by atoms with Crippen LogP contribution in [0, 0.1) is 11.3 Å². The Hall–Kier alpha value is -2.83. The maximum absolute atomic E-state index is 10.4. The molecule has 0 saturated heterocycles. The zero-order valence-electron chi connectivity index (χ0n) is 12.3. The van der Waals surface area contributed by atoms with Crippen LogP contribution in [0.2, 0.25) is 0 Å². The molecular formula is C14H13B2NO7. The van der Waals surface area contributed by atoms with Gasteiger partial charge in [0.25, 0.3) is 0 Å². The summed E-state index contributed by atoms with van der Waals surface area (Å²) in [6, 6.07) is 13.4. The molecule has 0 atom stereocenters. The molecule has 10 heteroatoms. The van der Waals surface area contributed by atoms with E-state index in [2.05, 4.69) is 4.65 Å². The summed E-state index contributed by atoms with van der Waals surface area (Å²) in [7, 11) is -3.39. The third-order valence-corrected chi connectivity index (χ3v) is 2.66. The number of nitriles is 1. The molecule has 0 fully saturated rings. The standard InChI is InChI=1S/C7H6BNO2.C7H7BO5/c9-5-6-2-1-3-7(4-6)8(10)11;9-7(10)5-1-3-6(4-2-5)13-8(11)12/h1-4,10-11H;1-4,11-12H,(H,9,10). The Kier molecular flexibility index (Phi) is 7.48. The summed E-state index contributed by atoms with van der Waals surface area (Å²) in [5, 5.41) is 51.1. The quantitative estimate of drug-likeness (QED) is 0.447. The van der Waals surface area contributed by atoms with Gasteiger partial charge in [-0.25, -0.2) is 4.79 Å². The lowest BCUT2D eigenvalue weighted by Gasteiger charge is -2.03. The summed E-state index contributed by atoms with van der Waals surface area (Å²) in [4.78, 5) is 10.4. The normalized spacial score (nSPS) is 9.12. The Bertz CT molecular complexity index is 714. The number of hydrogen-bond donors (Lipinski definition) is 5. The highest BCUT2D eigenvalue weighted by Crippen LogP contribution is 2.11. The van der Waals surface area contributed by atoms with E-state index in [1.54, 1.807) is 18.2 Å². The molecule has 0 saturated carbocycles. The fraction of sp³-hybridized carbons (Fsp3) is 0. The van der Waals surface area contributed by atoms with Crippen molar-refractivity contribution in [3.8, 4) is 11.8 Å². The number of benzene rings is 2. The van der Waals surface area contributed by atoms with Crippen LogP contribution in [0.3, 0.4) is 0 Å². The first-order chi connectivity index (χ1) is 11.3. The van der Waals surface area contributed by atoms with Crippen LogP contribution in [-0.2, 0) is 0 Å². The van der Waals surface area contributed by atoms with Crippen LogP contribution in [0.1, 0.15) is 15.9 Å². The number of carboxylic acid groups (broad SMARTS) is 1. The molecule has 0 aromatic heterocycles. The van der Waals surface area contributed by atoms with E-state index in [-0.39, 0.29) is 11.3 Å². The van der Waals surface area contributed by atoms with Crippen LogP contribution in [0.4, 0.5) is 0 Å². The van der Waals surface area contributed by atoms with Gasteiger partial charge in [0.2, 0.25) is 0 Å². The smallest absolute Gasteiger partial charge is 0.512 e. The SMILES string of the molecule is N#Cc1cccc(B(O)O)c1.O=C(O)c1ccc(OB(O)O)cc1. The van der Waals surface area contributed by atoms with E-state index in [1.807, 2.05) is 6.07 Å². The van der Waals surface area contributed by atoms with Crippen molar-refractivity contribution in [3.05, 3.63) is 59.7 Å². The molecular weight excluding hydrogens is 316 g/mol. The van der Waals surface area contributed by atoms with Crippen LogP contribution >= 0.6 is 0 Å². The molecule has 0 aliphatic carbocycles. The molecule has 122 valence electrons. The minimum atomic E-state index is -1.89. The molecule has 0 heterocycles. The Balaban J connectivity index is 0.000000243. The van der Waals surface area contributed by atoms with Gasteiger partial charge in [-0.2, -0.15) is 5.26 Å². The molecule has 2 rings (SSSR count). The molecule has 0 spiro atoms. The van der Waals surface area contributed by atoms with Gasteiger partial charge in [0.05, 0.1) is 17.2 Å². The summed E-state index contributed by atoms with van der Waals surface area (Å²) >= 11 is 0. The van der Waals surface area contributed by atoms with Crippen molar-refractivity contribution in [2.24, 2.45) is 0 Å². The number of nitrogens with zero attached hydrogens (tertiary/aromatic N) is 1. The fourth-order valence-corrected chi connectivity index (χ4v) is 1.57. The predicted octanol–water partition coefficient (Wildman–Crippen LogP) is -1.03. The second kappa shape index (κ2) is 9.34. The summed E-state index contributed by atoms with van der Waals surface area (Å²) in [6.07, 6.45) is 0. The van der Waals surface area contributed by atoms with Gasteiger partial charge in [0.1, 0.15) is 5.75 Å². The van der Waals surface area contributed by atoms with Crippen molar-refractivity contribution >= 4 is 25.9 Å². The Morgan fingerprint density at radius 3 is 2.12 bits per heavy atom. The summed E-state index contributed by atoms with van der Waals surface area (Å²) < 4.78 is 4.47. The van der Waals surface area contributed by atoms with E-state index < -0.39 is 20.4 Å². The van der Waals surface area contributed by atoms with E-state index in [4.69, 9.17) is 30.5 Å². The molecule has 24 heavy (non-hydrogen) atoms. The summed E-state index contributed by atoms with van der Waals surface area (Å²) in [5.74, 6) is -0.851. The number of carbonyl (C=O) groups is 1. The number of aromatic carboxylic acids is 1. The molecule has 0 amide bonds. The monoisotopic (exact) mass is 329 g/mol. The van der Waals surface area contributed by atoms with E-state index >= 15 is 0 Å². The third-order valence-electron chi connectivity index (χ3n) is 2.66. The second-order valence-corrected chi connectivity index (χ2v) is 4.38. The van der Waals surface area contributed by atoms with Gasteiger partial charge >= 0.3 is 20.4 Å². The average Bonchev–Trinajstić information content (AvgIpc) is 2.55. The van der Waals surface area contributed by atoms with E-state index in [0.717, 1.165) is 0 Å². The van der Waals surface area contributed by atoms with E-state index in [9.17, 15) is 4.79 Å². The topological polar surface area (TPSA) is 151 Å². The maximum atomic E-state index is 10.4. The van der Waals surface area contributed by atoms with Crippen LogP contribution in [0.15, 0.2) is 48.5 Å². The number of hydrogen-bond acceptors (Lipinski definition) is 7. The first kappa shape index (κ1) is 19.2. The zero-order valence-corrected chi connectivity index (χ0v) is 12.3. The van der Waals surface area contributed by atoms with E-state index in [0.29, 0.717) is 11.0 Å². The van der Waals surface area contributed by atoms with Gasteiger partial charge < -0.3 is 29.9 Å². The lowest BCUT2D eigenvalue weighted by Crippen LogP contribution is -2.29. The summed E-state index contributed by atoms with van der Waals surface area (Å²) in [6.45, 7) is 0. The van der Waals surface area contributed by atoms with Crippen molar-refractivity contribution in [2.75, 3.05) is 0 Å². The van der Waals surface area contributed by atoms with Crippen molar-refractivity contribution < 1.29 is 34.7 Å². The van der Waals surface area contributed by atoms with Gasteiger partial charge in [0.15, 0.2) is 0 Å². The van der Waals surface area contributed by atoms with Gasteiger partial charge in [-0.15, -0.1) is 0 Å². The highest BCUT2D eigenvalue weighted by Gasteiger charge is 2.11. The van der Waals surface area contributed by atoms with Crippen molar-refractivity contribution in [1.29, 1.82) is 5.26 Å². The minimum Gasteiger partial charge on any atom is -0.512 e. The largest absolute Gasteiger partial charge is 0.707 e. The average molecular weight is 329 g/mol. The molecule has 0 aliphatic heterocycles. The molecule has 0 bridgehead atoms. The molecule has 5 N–H and O–H groups in total. The number of rotatable bonds is 4. The molecule has 8 nitrogen and oxygen atoms in total. The molecule has 0 aliphatic rings. The van der Waals surface area contributed by atoms with E-state index in [1.165, 1.54) is 30.3 Å². The lowest BCUT2D eigenvalue weighted by molar-refractivity contribution is 0.0697. The highest BCUT2D eigenvalue weighted by molar-refractivity contribution is 6.58. The first-order valence-corrected chi connectivity index (χ1v) is 6.56. The first-order valence-electron chi connectivity index (χ1n) is 6.56. The van der Waals surface area contributed by atoms with Crippen molar-refractivity contribution in [2.45, 2.75) is 0 Å². The van der Waals surface area contributed by atoms with Gasteiger partial charge in [0, 0.05) is 0 Å². The van der Waals surface area contributed by atoms with Gasteiger partial charge in [-0.3, -0.25) is 0 Å². The summed E-state index contributed by atoms with van der Waals surface area (Å²) in [5.41, 5.74) is 0.874. The van der Waals surface area contributed by atoms with Crippen molar-refractivity contribution in [1.82, 2.24) is 0 Å². The predicted molar refractivity (Wildman–Crippen MR) is 85.2 cm³/mol. The van der Waals surface area contributed by atoms with Crippen LogP contribution in [0.25, 0.3) is 0 Å². The van der Waals surface area contributed by atoms with Crippen LogP contribution < -0.4 is 10.1 Å². The van der Waals surface area contributed by atoms with Crippen LogP contribution in [-0.4, -0.2) is 45.6 Å². The maximum Gasteiger partial charge on any atom is 0.707 e. The molecule has 2 aromatic carbocycles.